The third kappa shape index (κ3) is 3.10. The Hall–Kier alpha value is -1.81. The van der Waals surface area contributed by atoms with Crippen molar-refractivity contribution in [2.24, 2.45) is 0 Å². The fourth-order valence-electron chi connectivity index (χ4n) is 2.92. The van der Waals surface area contributed by atoms with Crippen LogP contribution >= 0.6 is 12.2 Å². The molecule has 3 nitrogen and oxygen atoms in total. The maximum atomic E-state index is 5.58. The van der Waals surface area contributed by atoms with E-state index in [9.17, 15) is 0 Å². The zero-order chi connectivity index (χ0) is 14.7. The largest absolute Gasteiger partial charge is 0.362 e. The Morgan fingerprint density at radius 3 is 2.81 bits per heavy atom. The van der Waals surface area contributed by atoms with E-state index in [1.165, 1.54) is 11.3 Å². The van der Waals surface area contributed by atoms with Crippen molar-refractivity contribution in [1.82, 2.24) is 14.8 Å². The first-order chi connectivity index (χ1) is 10.3. The first-order valence-corrected chi connectivity index (χ1v) is 7.90. The van der Waals surface area contributed by atoms with E-state index < -0.39 is 0 Å². The number of fused-ring (bicyclic) bond motifs is 1. The van der Waals surface area contributed by atoms with Crippen molar-refractivity contribution in [3.05, 3.63) is 59.9 Å². The van der Waals surface area contributed by atoms with Gasteiger partial charge in [-0.3, -0.25) is 0 Å². The Bertz CT molecular complexity index is 606. The summed E-state index contributed by atoms with van der Waals surface area (Å²) < 4.78 is 2.31. The SMILES string of the molecule is CC1c2cccn2CCN1C(=S)NCCc1ccccc1. The molecule has 1 unspecified atom stereocenters. The molecule has 0 aliphatic carbocycles. The normalized spacial score (nSPS) is 17.4. The predicted molar refractivity (Wildman–Crippen MR) is 90.3 cm³/mol. The van der Waals surface area contributed by atoms with Crippen molar-refractivity contribution < 1.29 is 0 Å². The van der Waals surface area contributed by atoms with E-state index in [0.717, 1.165) is 31.2 Å². The summed E-state index contributed by atoms with van der Waals surface area (Å²) in [5.41, 5.74) is 2.68. The molecule has 1 atom stereocenters. The second-order valence-corrected chi connectivity index (χ2v) is 5.85. The summed E-state index contributed by atoms with van der Waals surface area (Å²) in [7, 11) is 0. The molecule has 0 amide bonds. The Kier molecular flexibility index (Phi) is 4.25. The number of hydrogen-bond acceptors (Lipinski definition) is 1. The van der Waals surface area contributed by atoms with E-state index in [0.29, 0.717) is 6.04 Å². The van der Waals surface area contributed by atoms with Crippen molar-refractivity contribution >= 4 is 17.3 Å². The van der Waals surface area contributed by atoms with Crippen molar-refractivity contribution in [2.75, 3.05) is 13.1 Å². The fourth-order valence-corrected chi connectivity index (χ4v) is 3.27. The van der Waals surface area contributed by atoms with E-state index in [1.54, 1.807) is 0 Å². The Labute approximate surface area is 131 Å². The van der Waals surface area contributed by atoms with E-state index in [-0.39, 0.29) is 0 Å². The van der Waals surface area contributed by atoms with Crippen LogP contribution in [0.5, 0.6) is 0 Å². The van der Waals surface area contributed by atoms with Gasteiger partial charge in [-0.25, -0.2) is 0 Å². The molecular formula is C17H21N3S. The molecule has 0 fully saturated rings. The number of nitrogens with one attached hydrogen (secondary N) is 1. The van der Waals surface area contributed by atoms with Crippen molar-refractivity contribution in [3.8, 4) is 0 Å². The number of hydrogen-bond donors (Lipinski definition) is 1. The van der Waals surface area contributed by atoms with Crippen LogP contribution < -0.4 is 5.32 Å². The molecule has 1 aromatic carbocycles. The minimum absolute atomic E-state index is 0.338. The molecule has 0 saturated heterocycles. The van der Waals surface area contributed by atoms with Gasteiger partial charge < -0.3 is 14.8 Å². The van der Waals surface area contributed by atoms with Crippen LogP contribution in [0.1, 0.15) is 24.2 Å². The zero-order valence-corrected chi connectivity index (χ0v) is 13.1. The molecule has 1 aromatic heterocycles. The summed E-state index contributed by atoms with van der Waals surface area (Å²) >= 11 is 5.58. The topological polar surface area (TPSA) is 20.2 Å². The summed E-state index contributed by atoms with van der Waals surface area (Å²) in [5.74, 6) is 0. The highest BCUT2D eigenvalue weighted by molar-refractivity contribution is 7.80. The smallest absolute Gasteiger partial charge is 0.169 e. The minimum atomic E-state index is 0.338. The van der Waals surface area contributed by atoms with Gasteiger partial charge in [-0.05, 0) is 43.3 Å². The van der Waals surface area contributed by atoms with Crippen LogP contribution in [-0.4, -0.2) is 27.7 Å². The molecule has 4 heteroatoms. The molecule has 110 valence electrons. The van der Waals surface area contributed by atoms with Gasteiger partial charge in [0.25, 0.3) is 0 Å². The van der Waals surface area contributed by atoms with Crippen molar-refractivity contribution in [1.29, 1.82) is 0 Å². The highest BCUT2D eigenvalue weighted by atomic mass is 32.1. The van der Waals surface area contributed by atoms with Crippen LogP contribution in [0, 0.1) is 0 Å². The Balaban J connectivity index is 1.54. The summed E-state index contributed by atoms with van der Waals surface area (Å²) in [6.45, 7) is 5.08. The van der Waals surface area contributed by atoms with Gasteiger partial charge >= 0.3 is 0 Å². The van der Waals surface area contributed by atoms with Crippen LogP contribution in [0.4, 0.5) is 0 Å². The maximum absolute atomic E-state index is 5.58. The lowest BCUT2D eigenvalue weighted by molar-refractivity contribution is 0.269. The van der Waals surface area contributed by atoms with Crippen LogP contribution in [0.25, 0.3) is 0 Å². The first-order valence-electron chi connectivity index (χ1n) is 7.49. The molecule has 1 aliphatic heterocycles. The summed E-state index contributed by atoms with van der Waals surface area (Å²) in [6, 6.07) is 15.1. The summed E-state index contributed by atoms with van der Waals surface area (Å²) in [6.07, 6.45) is 3.15. The second kappa shape index (κ2) is 6.31. The summed E-state index contributed by atoms with van der Waals surface area (Å²) in [5, 5.41) is 4.27. The molecule has 2 aromatic rings. The molecule has 2 heterocycles. The first kappa shape index (κ1) is 14.1. The molecule has 21 heavy (non-hydrogen) atoms. The van der Waals surface area contributed by atoms with Gasteiger partial charge in [-0.15, -0.1) is 0 Å². The lowest BCUT2D eigenvalue weighted by Crippen LogP contribution is -2.46. The predicted octanol–water partition coefficient (Wildman–Crippen LogP) is 2.98. The van der Waals surface area contributed by atoms with Gasteiger partial charge in [-0.2, -0.15) is 0 Å². The fraction of sp³-hybridized carbons (Fsp3) is 0.353. The lowest BCUT2D eigenvalue weighted by Gasteiger charge is -2.36. The van der Waals surface area contributed by atoms with E-state index in [4.69, 9.17) is 12.2 Å². The molecule has 1 aliphatic rings. The molecule has 3 rings (SSSR count). The van der Waals surface area contributed by atoms with Crippen molar-refractivity contribution in [2.45, 2.75) is 25.9 Å². The van der Waals surface area contributed by atoms with Crippen LogP contribution in [-0.2, 0) is 13.0 Å². The second-order valence-electron chi connectivity index (χ2n) is 5.46. The lowest BCUT2D eigenvalue weighted by atomic mass is 10.1. The van der Waals surface area contributed by atoms with Crippen LogP contribution in [0.2, 0.25) is 0 Å². The van der Waals surface area contributed by atoms with E-state index in [2.05, 4.69) is 64.3 Å². The Morgan fingerprint density at radius 2 is 2.00 bits per heavy atom. The number of rotatable bonds is 3. The molecular weight excluding hydrogens is 278 g/mol. The van der Waals surface area contributed by atoms with Gasteiger partial charge in [0.1, 0.15) is 0 Å². The van der Waals surface area contributed by atoms with Gasteiger partial charge in [0.05, 0.1) is 6.04 Å². The number of nitrogens with zero attached hydrogens (tertiary/aromatic N) is 2. The Morgan fingerprint density at radius 1 is 1.19 bits per heavy atom. The summed E-state index contributed by atoms with van der Waals surface area (Å²) in [4.78, 5) is 2.29. The van der Waals surface area contributed by atoms with Crippen LogP contribution in [0.3, 0.4) is 0 Å². The van der Waals surface area contributed by atoms with E-state index >= 15 is 0 Å². The van der Waals surface area contributed by atoms with Gasteiger partial charge in [0.15, 0.2) is 5.11 Å². The van der Waals surface area contributed by atoms with E-state index in [1.807, 2.05) is 6.07 Å². The third-order valence-corrected chi connectivity index (χ3v) is 4.51. The number of aromatic nitrogens is 1. The molecule has 1 N–H and O–H groups in total. The minimum Gasteiger partial charge on any atom is -0.362 e. The molecule has 0 radical (unpaired) electrons. The average molecular weight is 299 g/mol. The maximum Gasteiger partial charge on any atom is 0.169 e. The standard InChI is InChI=1S/C17H21N3S/c1-14-16-8-5-11-19(16)12-13-20(14)17(21)18-10-9-15-6-3-2-4-7-15/h2-8,11,14H,9-10,12-13H2,1H3,(H,18,21). The highest BCUT2D eigenvalue weighted by Gasteiger charge is 2.24. The third-order valence-electron chi connectivity index (χ3n) is 4.14. The zero-order valence-electron chi connectivity index (χ0n) is 12.3. The molecule has 0 spiro atoms. The molecule has 0 bridgehead atoms. The van der Waals surface area contributed by atoms with Crippen molar-refractivity contribution in [3.63, 3.8) is 0 Å². The number of thiocarbonyl (C=S) groups is 1. The monoisotopic (exact) mass is 299 g/mol. The highest BCUT2D eigenvalue weighted by Crippen LogP contribution is 2.25. The average Bonchev–Trinajstić information content (AvgIpc) is 2.98. The quantitative estimate of drug-likeness (QED) is 0.880. The molecule has 0 saturated carbocycles. The van der Waals surface area contributed by atoms with Gasteiger partial charge in [0.2, 0.25) is 0 Å². The van der Waals surface area contributed by atoms with Crippen LogP contribution in [0.15, 0.2) is 48.7 Å². The number of benzene rings is 1. The van der Waals surface area contributed by atoms with Gasteiger partial charge in [-0.1, -0.05) is 30.3 Å². The van der Waals surface area contributed by atoms with Gasteiger partial charge in [0, 0.05) is 31.5 Å².